The average Bonchev–Trinajstić information content (AvgIpc) is 2.60. The predicted octanol–water partition coefficient (Wildman–Crippen LogP) is 2.53. The molecule has 6 nitrogen and oxygen atoms in total. The molecule has 0 spiro atoms. The van der Waals surface area contributed by atoms with Crippen LogP contribution in [0.2, 0.25) is 0 Å². The van der Waals surface area contributed by atoms with Gasteiger partial charge in [-0.1, -0.05) is 26.0 Å². The van der Waals surface area contributed by atoms with Crippen LogP contribution in [0.1, 0.15) is 38.2 Å². The Morgan fingerprint density at radius 3 is 2.52 bits per heavy atom. The van der Waals surface area contributed by atoms with Gasteiger partial charge in [-0.25, -0.2) is 0 Å². The normalized spacial score (nSPS) is 20.6. The monoisotopic (exact) mass is 349 g/mol. The molecule has 1 unspecified atom stereocenters. The number of ether oxygens (including phenoxy) is 2. The molecule has 6 heteroatoms. The van der Waals surface area contributed by atoms with Crippen LogP contribution in [0.15, 0.2) is 24.3 Å². The molecule has 1 amide bonds. The third-order valence-corrected chi connectivity index (χ3v) is 4.71. The van der Waals surface area contributed by atoms with Crippen molar-refractivity contribution in [2.75, 3.05) is 33.4 Å². The molecule has 1 atom stereocenters. The van der Waals surface area contributed by atoms with Gasteiger partial charge in [-0.2, -0.15) is 0 Å². The second-order valence-corrected chi connectivity index (χ2v) is 6.95. The molecule has 1 fully saturated rings. The van der Waals surface area contributed by atoms with Gasteiger partial charge in [0.15, 0.2) is 6.61 Å². The zero-order chi connectivity index (χ0) is 18.4. The summed E-state index contributed by atoms with van der Waals surface area (Å²) in [4.78, 5) is 25.6. The van der Waals surface area contributed by atoms with E-state index in [-0.39, 0.29) is 25.7 Å². The molecule has 1 aromatic carbocycles. The second-order valence-electron chi connectivity index (χ2n) is 6.95. The summed E-state index contributed by atoms with van der Waals surface area (Å²) in [6.45, 7) is 4.94. The minimum Gasteiger partial charge on any atom is -0.484 e. The van der Waals surface area contributed by atoms with Crippen molar-refractivity contribution in [1.29, 1.82) is 0 Å². The second kappa shape index (κ2) is 8.34. The van der Waals surface area contributed by atoms with Crippen LogP contribution in [0.3, 0.4) is 0 Å². The van der Waals surface area contributed by atoms with E-state index in [0.29, 0.717) is 31.1 Å². The average molecular weight is 349 g/mol. The molecule has 1 heterocycles. The van der Waals surface area contributed by atoms with Crippen LogP contribution < -0.4 is 4.74 Å². The van der Waals surface area contributed by atoms with Gasteiger partial charge >= 0.3 is 5.97 Å². The molecule has 0 aromatic heterocycles. The molecule has 1 aliphatic heterocycles. The lowest BCUT2D eigenvalue weighted by molar-refractivity contribution is -0.159. The standard InChI is InChI=1S/C19H27NO5/c1-14(2)15-5-7-16(8-6-15)25-11-17(21)20-10-4-9-19(12-20,13-24-3)18(22)23/h5-8,14H,4,9-13H2,1-3H3,(H,22,23). The van der Waals surface area contributed by atoms with E-state index in [2.05, 4.69) is 13.8 Å². The summed E-state index contributed by atoms with van der Waals surface area (Å²) < 4.78 is 10.7. The Balaban J connectivity index is 1.94. The summed E-state index contributed by atoms with van der Waals surface area (Å²) in [7, 11) is 1.48. The van der Waals surface area contributed by atoms with Gasteiger partial charge in [-0.05, 0) is 36.5 Å². The Morgan fingerprint density at radius 1 is 1.28 bits per heavy atom. The minimum atomic E-state index is -1.03. The summed E-state index contributed by atoms with van der Waals surface area (Å²) in [5.41, 5.74) is 0.183. The predicted molar refractivity (Wildman–Crippen MR) is 93.8 cm³/mol. The largest absolute Gasteiger partial charge is 0.484 e. The number of benzene rings is 1. The first kappa shape index (κ1) is 19.2. The van der Waals surface area contributed by atoms with Crippen LogP contribution in [0.4, 0.5) is 0 Å². The van der Waals surface area contributed by atoms with E-state index in [4.69, 9.17) is 9.47 Å². The SMILES string of the molecule is COCC1(C(=O)O)CCCN(C(=O)COc2ccc(C(C)C)cc2)C1. The van der Waals surface area contributed by atoms with Crippen LogP contribution in [-0.2, 0) is 14.3 Å². The fraction of sp³-hybridized carbons (Fsp3) is 0.579. The molecule has 0 radical (unpaired) electrons. The summed E-state index contributed by atoms with van der Waals surface area (Å²) in [5, 5.41) is 9.55. The first-order chi connectivity index (χ1) is 11.9. The number of nitrogens with zero attached hydrogens (tertiary/aromatic N) is 1. The molecular formula is C19H27NO5. The van der Waals surface area contributed by atoms with E-state index in [9.17, 15) is 14.7 Å². The zero-order valence-electron chi connectivity index (χ0n) is 15.2. The highest BCUT2D eigenvalue weighted by Crippen LogP contribution is 2.31. The molecule has 1 aromatic rings. The Morgan fingerprint density at radius 2 is 1.96 bits per heavy atom. The van der Waals surface area contributed by atoms with Crippen molar-refractivity contribution < 1.29 is 24.2 Å². The van der Waals surface area contributed by atoms with Crippen LogP contribution >= 0.6 is 0 Å². The van der Waals surface area contributed by atoms with Crippen LogP contribution in [0.25, 0.3) is 0 Å². The van der Waals surface area contributed by atoms with Gasteiger partial charge < -0.3 is 19.5 Å². The van der Waals surface area contributed by atoms with Crippen molar-refractivity contribution in [2.24, 2.45) is 5.41 Å². The number of amides is 1. The molecule has 1 aliphatic rings. The maximum Gasteiger partial charge on any atom is 0.313 e. The molecule has 138 valence electrons. The lowest BCUT2D eigenvalue weighted by atomic mass is 9.80. The molecule has 25 heavy (non-hydrogen) atoms. The summed E-state index contributed by atoms with van der Waals surface area (Å²) in [6, 6.07) is 7.68. The first-order valence-corrected chi connectivity index (χ1v) is 8.61. The van der Waals surface area contributed by atoms with E-state index in [1.165, 1.54) is 12.7 Å². The van der Waals surface area contributed by atoms with Crippen LogP contribution in [0.5, 0.6) is 5.75 Å². The maximum atomic E-state index is 12.4. The quantitative estimate of drug-likeness (QED) is 0.819. The molecular weight excluding hydrogens is 322 g/mol. The number of piperidine rings is 1. The van der Waals surface area contributed by atoms with Gasteiger partial charge in [0.05, 0.1) is 6.61 Å². The van der Waals surface area contributed by atoms with E-state index >= 15 is 0 Å². The zero-order valence-corrected chi connectivity index (χ0v) is 15.2. The molecule has 0 bridgehead atoms. The molecule has 1 N–H and O–H groups in total. The van der Waals surface area contributed by atoms with Gasteiger partial charge in [0.25, 0.3) is 5.91 Å². The van der Waals surface area contributed by atoms with E-state index in [1.54, 1.807) is 4.90 Å². The highest BCUT2D eigenvalue weighted by molar-refractivity contribution is 5.80. The van der Waals surface area contributed by atoms with E-state index < -0.39 is 11.4 Å². The van der Waals surface area contributed by atoms with Crippen molar-refractivity contribution in [3.05, 3.63) is 29.8 Å². The van der Waals surface area contributed by atoms with Gasteiger partial charge in [0, 0.05) is 20.2 Å². The minimum absolute atomic E-state index is 0.0935. The number of hydrogen-bond acceptors (Lipinski definition) is 4. The first-order valence-electron chi connectivity index (χ1n) is 8.61. The van der Waals surface area contributed by atoms with Crippen molar-refractivity contribution in [3.63, 3.8) is 0 Å². The summed E-state index contributed by atoms with van der Waals surface area (Å²) >= 11 is 0. The fourth-order valence-electron chi connectivity index (χ4n) is 3.16. The lowest BCUT2D eigenvalue weighted by Gasteiger charge is -2.39. The Labute approximate surface area is 148 Å². The maximum absolute atomic E-state index is 12.4. The highest BCUT2D eigenvalue weighted by atomic mass is 16.5. The van der Waals surface area contributed by atoms with Crippen molar-refractivity contribution >= 4 is 11.9 Å². The number of rotatable bonds is 7. The number of carboxylic acid groups (broad SMARTS) is 1. The number of aliphatic carboxylic acids is 1. The smallest absolute Gasteiger partial charge is 0.313 e. The van der Waals surface area contributed by atoms with E-state index in [0.717, 1.165) is 0 Å². The molecule has 2 rings (SSSR count). The third kappa shape index (κ3) is 4.72. The van der Waals surface area contributed by atoms with Gasteiger partial charge in [0.2, 0.25) is 0 Å². The highest BCUT2D eigenvalue weighted by Gasteiger charge is 2.43. The van der Waals surface area contributed by atoms with E-state index in [1.807, 2.05) is 24.3 Å². The van der Waals surface area contributed by atoms with Gasteiger partial charge in [0.1, 0.15) is 11.2 Å². The number of carbonyl (C=O) groups excluding carboxylic acids is 1. The molecule has 1 saturated heterocycles. The number of carbonyl (C=O) groups is 2. The lowest BCUT2D eigenvalue weighted by Crippen LogP contribution is -2.53. The number of carboxylic acids is 1. The summed E-state index contributed by atoms with van der Waals surface area (Å²) in [6.07, 6.45) is 1.15. The van der Waals surface area contributed by atoms with Gasteiger partial charge in [-0.3, -0.25) is 9.59 Å². The van der Waals surface area contributed by atoms with Crippen LogP contribution in [0, 0.1) is 5.41 Å². The van der Waals surface area contributed by atoms with Crippen LogP contribution in [-0.4, -0.2) is 55.3 Å². The van der Waals surface area contributed by atoms with Gasteiger partial charge in [-0.15, -0.1) is 0 Å². The number of methoxy groups -OCH3 is 1. The number of likely N-dealkylation sites (tertiary alicyclic amines) is 1. The van der Waals surface area contributed by atoms with Crippen molar-refractivity contribution in [1.82, 2.24) is 4.90 Å². The Hall–Kier alpha value is -2.08. The van der Waals surface area contributed by atoms with Crippen molar-refractivity contribution in [3.8, 4) is 5.75 Å². The Kier molecular flexibility index (Phi) is 6.42. The number of hydrogen-bond donors (Lipinski definition) is 1. The topological polar surface area (TPSA) is 76.1 Å². The third-order valence-electron chi connectivity index (χ3n) is 4.71. The Bertz CT molecular complexity index is 594. The fourth-order valence-corrected chi connectivity index (χ4v) is 3.16. The molecule has 0 aliphatic carbocycles. The molecule has 0 saturated carbocycles. The summed E-state index contributed by atoms with van der Waals surface area (Å²) in [5.74, 6) is -0.0449. The van der Waals surface area contributed by atoms with Crippen molar-refractivity contribution in [2.45, 2.75) is 32.6 Å².